The van der Waals surface area contributed by atoms with Crippen LogP contribution in [0.15, 0.2) is 170 Å². The number of nitrogens with two attached hydrogens (primary N) is 2. The zero-order valence-corrected chi connectivity index (χ0v) is 27.7. The fourth-order valence-electron chi connectivity index (χ4n) is 6.63. The molecule has 0 radical (unpaired) electrons. The topological polar surface area (TPSA) is 81.1 Å². The molecule has 6 heteroatoms. The third kappa shape index (κ3) is 6.35. The van der Waals surface area contributed by atoms with Gasteiger partial charge in [-0.25, -0.2) is 4.98 Å². The maximum Gasteiger partial charge on any atom is 0.133 e. The van der Waals surface area contributed by atoms with Crippen molar-refractivity contribution in [1.82, 2.24) is 9.97 Å². The third-order valence-corrected chi connectivity index (χ3v) is 8.77. The number of benzene rings is 6. The van der Waals surface area contributed by atoms with Gasteiger partial charge < -0.3 is 10.6 Å². The minimum Gasteiger partial charge on any atom is -0.397 e. The summed E-state index contributed by atoms with van der Waals surface area (Å²) in [6.07, 6.45) is 3.62. The molecule has 8 aromatic rings. The lowest BCUT2D eigenvalue weighted by Crippen LogP contribution is -2.19. The van der Waals surface area contributed by atoms with E-state index in [0.717, 1.165) is 28.3 Å². The van der Waals surface area contributed by atoms with Gasteiger partial charge in [-0.3, -0.25) is 10.1 Å². The van der Waals surface area contributed by atoms with E-state index in [-0.39, 0.29) is 0 Å². The number of nitrogen functional groups attached to an aromatic ring is 1. The molecule has 0 bridgehead atoms. The second-order valence-corrected chi connectivity index (χ2v) is 11.7. The highest BCUT2D eigenvalue weighted by molar-refractivity contribution is 7.77. The number of aromatic nitrogens is 2. The predicted octanol–water partition coefficient (Wildman–Crippen LogP) is 10.5. The standard InChI is InChI=1S/C43H32N4.H3NS/c44-39-28-33(22-24-40(39)47(41-20-10-12-26-46-41)29-34-17-9-11-25-45-34)32-21-23-37-38(27-32)43(31-15-5-2-6-16-31)36-19-8-7-18-35(36)42(37)30-13-3-1-4-14-30;1-2/h1-28H,29,44H2;2H,1H2. The van der Waals surface area contributed by atoms with E-state index in [1.807, 2.05) is 42.6 Å². The average molecular weight is 654 g/mol. The van der Waals surface area contributed by atoms with Crippen molar-refractivity contribution in [1.29, 1.82) is 0 Å². The van der Waals surface area contributed by atoms with E-state index in [4.69, 9.17) is 5.73 Å². The molecule has 4 N–H and O–H groups in total. The van der Waals surface area contributed by atoms with Gasteiger partial charge in [0.25, 0.3) is 0 Å². The van der Waals surface area contributed by atoms with Crippen molar-refractivity contribution in [3.05, 3.63) is 176 Å². The second kappa shape index (κ2) is 14.4. The lowest BCUT2D eigenvalue weighted by molar-refractivity contribution is 0.908. The first-order valence-corrected chi connectivity index (χ1v) is 16.6. The molecule has 8 rings (SSSR count). The summed E-state index contributed by atoms with van der Waals surface area (Å²) in [4.78, 5) is 11.3. The minimum atomic E-state index is 0.549. The van der Waals surface area contributed by atoms with Gasteiger partial charge in [-0.1, -0.05) is 115 Å². The Hall–Kier alpha value is -5.95. The monoisotopic (exact) mass is 653 g/mol. The molecule has 0 spiro atoms. The van der Waals surface area contributed by atoms with Crippen molar-refractivity contribution in [2.45, 2.75) is 6.54 Å². The maximum absolute atomic E-state index is 6.87. The molecule has 0 saturated carbocycles. The number of thiol groups is 1. The van der Waals surface area contributed by atoms with Crippen molar-refractivity contribution in [3.63, 3.8) is 0 Å². The minimum absolute atomic E-state index is 0.549. The molecule has 0 fully saturated rings. The average Bonchev–Trinajstić information content (AvgIpc) is 3.18. The molecule has 0 atom stereocenters. The molecule has 0 aliphatic carbocycles. The zero-order valence-electron chi connectivity index (χ0n) is 26.8. The number of hydrogen-bond acceptors (Lipinski definition) is 6. The van der Waals surface area contributed by atoms with Crippen LogP contribution in [0.5, 0.6) is 0 Å². The molecule has 0 saturated heterocycles. The van der Waals surface area contributed by atoms with Gasteiger partial charge in [0.2, 0.25) is 0 Å². The Kier molecular flexibility index (Phi) is 9.32. The van der Waals surface area contributed by atoms with E-state index < -0.39 is 0 Å². The summed E-state index contributed by atoms with van der Waals surface area (Å²) in [5, 5.41) is 9.10. The van der Waals surface area contributed by atoms with Crippen LogP contribution in [0, 0.1) is 0 Å². The molecule has 2 heterocycles. The van der Waals surface area contributed by atoms with Crippen LogP contribution in [0.3, 0.4) is 0 Å². The quantitative estimate of drug-likeness (QED) is 0.0906. The van der Waals surface area contributed by atoms with Crippen LogP contribution < -0.4 is 15.8 Å². The summed E-state index contributed by atoms with van der Waals surface area (Å²) in [5.41, 5.74) is 16.4. The summed E-state index contributed by atoms with van der Waals surface area (Å²) in [6.45, 7) is 0.549. The first kappa shape index (κ1) is 31.6. The van der Waals surface area contributed by atoms with Crippen molar-refractivity contribution < 1.29 is 0 Å². The molecule has 0 aliphatic heterocycles. The fourth-order valence-corrected chi connectivity index (χ4v) is 6.63. The Balaban J connectivity index is 0.00000186. The van der Waals surface area contributed by atoms with Gasteiger partial charge in [0.1, 0.15) is 5.82 Å². The van der Waals surface area contributed by atoms with E-state index in [9.17, 15) is 0 Å². The first-order valence-electron chi connectivity index (χ1n) is 16.1. The number of hydrogen-bond donors (Lipinski definition) is 3. The highest BCUT2D eigenvalue weighted by Gasteiger charge is 2.19. The number of fused-ring (bicyclic) bond motifs is 2. The Morgan fingerprint density at radius 3 is 1.59 bits per heavy atom. The number of anilines is 3. The third-order valence-electron chi connectivity index (χ3n) is 8.77. The Labute approximate surface area is 292 Å². The van der Waals surface area contributed by atoms with Crippen molar-refractivity contribution >= 4 is 51.6 Å². The molecule has 5 nitrogen and oxygen atoms in total. The highest BCUT2D eigenvalue weighted by Crippen LogP contribution is 2.45. The molecular weight excluding hydrogens is 619 g/mol. The molecule has 6 aromatic carbocycles. The van der Waals surface area contributed by atoms with Gasteiger partial charge in [-0.15, -0.1) is 12.8 Å². The summed E-state index contributed by atoms with van der Waals surface area (Å²) in [7, 11) is 0. The first-order chi connectivity index (χ1) is 24.2. The molecule has 0 aliphatic rings. The number of rotatable bonds is 7. The fraction of sp³-hybridized carbons (Fsp3) is 0.0233. The van der Waals surface area contributed by atoms with Crippen LogP contribution in [0.2, 0.25) is 0 Å². The smallest absolute Gasteiger partial charge is 0.133 e. The van der Waals surface area contributed by atoms with E-state index in [0.29, 0.717) is 12.2 Å². The maximum atomic E-state index is 6.87. The predicted molar refractivity (Wildman–Crippen MR) is 210 cm³/mol. The van der Waals surface area contributed by atoms with Gasteiger partial charge >= 0.3 is 0 Å². The van der Waals surface area contributed by atoms with Gasteiger partial charge in [0.05, 0.1) is 23.6 Å². The van der Waals surface area contributed by atoms with Crippen LogP contribution in [0.25, 0.3) is 54.9 Å². The molecule has 2 aromatic heterocycles. The SMILES string of the molecule is NS.Nc1cc(-c2ccc3c(-c4ccccc4)c4ccccc4c(-c4ccccc4)c3c2)ccc1N(Cc1ccccn1)c1ccccn1. The van der Waals surface area contributed by atoms with Gasteiger partial charge in [-0.2, -0.15) is 0 Å². The molecule has 0 unspecified atom stereocenters. The number of nitrogens with zero attached hydrogens (tertiary/aromatic N) is 3. The summed E-state index contributed by atoms with van der Waals surface area (Å²) in [5.74, 6) is 0.816. The van der Waals surface area contributed by atoms with E-state index in [1.165, 1.54) is 43.8 Å². The van der Waals surface area contributed by atoms with Crippen molar-refractivity contribution in [3.8, 4) is 33.4 Å². The van der Waals surface area contributed by atoms with Crippen molar-refractivity contribution in [2.75, 3.05) is 10.6 Å². The van der Waals surface area contributed by atoms with Crippen molar-refractivity contribution in [2.24, 2.45) is 5.14 Å². The van der Waals surface area contributed by atoms with E-state index >= 15 is 0 Å². The highest BCUT2D eigenvalue weighted by atomic mass is 32.1. The molecule has 49 heavy (non-hydrogen) atoms. The van der Waals surface area contributed by atoms with Crippen LogP contribution in [-0.2, 0) is 6.54 Å². The Bertz CT molecular complexity index is 2330. The van der Waals surface area contributed by atoms with Gasteiger partial charge in [0.15, 0.2) is 0 Å². The lowest BCUT2D eigenvalue weighted by atomic mass is 9.85. The summed E-state index contributed by atoms with van der Waals surface area (Å²) in [6, 6.07) is 55.2. The largest absolute Gasteiger partial charge is 0.397 e. The second-order valence-electron chi connectivity index (χ2n) is 11.7. The molecule has 0 amide bonds. The van der Waals surface area contributed by atoms with Crippen LogP contribution >= 0.6 is 12.8 Å². The van der Waals surface area contributed by atoms with Crippen LogP contribution in [0.4, 0.5) is 17.2 Å². The number of pyridine rings is 2. The summed E-state index contributed by atoms with van der Waals surface area (Å²) < 4.78 is 0. The molecule has 238 valence electrons. The Morgan fingerprint density at radius 1 is 0.469 bits per heavy atom. The Morgan fingerprint density at radius 2 is 1.00 bits per heavy atom. The normalized spacial score (nSPS) is 10.8. The summed E-state index contributed by atoms with van der Waals surface area (Å²) >= 11 is 3.03. The lowest BCUT2D eigenvalue weighted by Gasteiger charge is -2.25. The molecular formula is C43H35N5S. The van der Waals surface area contributed by atoms with Crippen LogP contribution in [-0.4, -0.2) is 9.97 Å². The van der Waals surface area contributed by atoms with E-state index in [2.05, 4.69) is 154 Å². The zero-order chi connectivity index (χ0) is 33.6. The van der Waals surface area contributed by atoms with Gasteiger partial charge in [0, 0.05) is 12.4 Å². The van der Waals surface area contributed by atoms with Gasteiger partial charge in [-0.05, 0) is 97.4 Å². The van der Waals surface area contributed by atoms with Crippen LogP contribution in [0.1, 0.15) is 5.69 Å². The van der Waals surface area contributed by atoms with E-state index in [1.54, 1.807) is 6.20 Å².